The van der Waals surface area contributed by atoms with Gasteiger partial charge in [-0.25, -0.2) is 19.5 Å². The van der Waals surface area contributed by atoms with E-state index in [2.05, 4.69) is 24.8 Å². The number of aromatic nitrogens is 4. The number of aliphatic hydroxyl groups excluding tert-OH is 2. The molecule has 0 spiro atoms. The van der Waals surface area contributed by atoms with Crippen LogP contribution in [0.5, 0.6) is 0 Å². The average Bonchev–Trinajstić information content (AvgIpc) is 3.06. The maximum absolute atomic E-state index is 10.8. The van der Waals surface area contributed by atoms with Gasteiger partial charge in [-0.05, 0) is 6.92 Å². The second-order valence-electron chi connectivity index (χ2n) is 5.53. The average molecular weight is 375 g/mol. The molecular weight excluding hydrogens is 357 g/mol. The van der Waals surface area contributed by atoms with Crippen LogP contribution in [-0.2, 0) is 13.8 Å². The minimum atomic E-state index is -4.72. The third kappa shape index (κ3) is 3.51. The molecule has 5 N–H and O–H groups in total. The molecule has 0 radical (unpaired) electrons. The normalized spacial score (nSPS) is 27.1. The summed E-state index contributed by atoms with van der Waals surface area (Å²) in [5.41, 5.74) is 0.831. The van der Waals surface area contributed by atoms with Crippen LogP contribution in [0, 0.1) is 6.92 Å². The summed E-state index contributed by atoms with van der Waals surface area (Å²) in [5.74, 6) is 0.962. The van der Waals surface area contributed by atoms with Crippen LogP contribution in [0.15, 0.2) is 6.33 Å². The quantitative estimate of drug-likeness (QED) is 0.402. The van der Waals surface area contributed by atoms with Gasteiger partial charge in [-0.2, -0.15) is 0 Å². The van der Waals surface area contributed by atoms with Crippen LogP contribution in [0.3, 0.4) is 0 Å². The van der Waals surface area contributed by atoms with Crippen molar-refractivity contribution < 1.29 is 33.8 Å². The molecule has 0 aliphatic carbocycles. The summed E-state index contributed by atoms with van der Waals surface area (Å²) < 4.78 is 22.1. The standard InChI is InChI=1S/C12H18N5O7P/c1-5-15-10(13-2)7-11(16-5)17(4-14-7)12-9(19)8(18)6(24-12)3-23-25(20,21)22/h4,6,8-9,12,18-19H,3H2,1-2H3,(H,13,15,16)(H2,20,21,22)/t6-,8-,9-,12?/m1/s1. The van der Waals surface area contributed by atoms with Gasteiger partial charge in [0.2, 0.25) is 0 Å². The number of nitrogens with one attached hydrogen (secondary N) is 1. The van der Waals surface area contributed by atoms with E-state index in [0.29, 0.717) is 22.8 Å². The number of anilines is 1. The fourth-order valence-electron chi connectivity index (χ4n) is 2.65. The first kappa shape index (κ1) is 18.1. The summed E-state index contributed by atoms with van der Waals surface area (Å²) in [6.45, 7) is 1.11. The molecule has 0 amide bonds. The van der Waals surface area contributed by atoms with Crippen molar-refractivity contribution in [3.63, 3.8) is 0 Å². The van der Waals surface area contributed by atoms with Crippen molar-refractivity contribution in [1.29, 1.82) is 0 Å². The molecule has 1 saturated heterocycles. The molecule has 2 aromatic heterocycles. The van der Waals surface area contributed by atoms with E-state index in [0.717, 1.165) is 0 Å². The highest BCUT2D eigenvalue weighted by Crippen LogP contribution is 2.38. The van der Waals surface area contributed by atoms with Crippen molar-refractivity contribution in [2.45, 2.75) is 31.5 Å². The van der Waals surface area contributed by atoms with Crippen molar-refractivity contribution in [2.24, 2.45) is 0 Å². The molecular formula is C12H18N5O7P. The number of nitrogens with zero attached hydrogens (tertiary/aromatic N) is 4. The summed E-state index contributed by atoms with van der Waals surface area (Å²) in [4.78, 5) is 30.2. The Labute approximate surface area is 141 Å². The molecule has 1 unspecified atom stereocenters. The monoisotopic (exact) mass is 375 g/mol. The molecule has 3 rings (SSSR count). The maximum Gasteiger partial charge on any atom is 0.469 e. The van der Waals surface area contributed by atoms with Crippen LogP contribution in [0.4, 0.5) is 5.82 Å². The highest BCUT2D eigenvalue weighted by Gasteiger charge is 2.45. The van der Waals surface area contributed by atoms with Crippen molar-refractivity contribution in [3.8, 4) is 0 Å². The number of aliphatic hydroxyl groups is 2. The summed E-state index contributed by atoms with van der Waals surface area (Å²) in [5, 5.41) is 23.2. The lowest BCUT2D eigenvalue weighted by atomic mass is 10.1. The van der Waals surface area contributed by atoms with Crippen LogP contribution in [0.25, 0.3) is 11.2 Å². The van der Waals surface area contributed by atoms with Gasteiger partial charge in [0.1, 0.15) is 24.1 Å². The van der Waals surface area contributed by atoms with Crippen LogP contribution in [0.2, 0.25) is 0 Å². The first-order chi connectivity index (χ1) is 11.7. The summed E-state index contributed by atoms with van der Waals surface area (Å²) >= 11 is 0. The first-order valence-corrected chi connectivity index (χ1v) is 8.85. The number of hydrogen-bond donors (Lipinski definition) is 5. The Morgan fingerprint density at radius 2 is 2.08 bits per heavy atom. The van der Waals surface area contributed by atoms with E-state index in [1.807, 2.05) is 0 Å². The number of phosphoric ester groups is 1. The number of aryl methyl sites for hydroxylation is 1. The van der Waals surface area contributed by atoms with Gasteiger partial charge < -0.3 is 30.1 Å². The maximum atomic E-state index is 10.8. The number of hydrogen-bond acceptors (Lipinski definition) is 9. The zero-order valence-corrected chi connectivity index (χ0v) is 14.2. The predicted molar refractivity (Wildman–Crippen MR) is 83.5 cm³/mol. The third-order valence-electron chi connectivity index (χ3n) is 3.79. The molecule has 4 atom stereocenters. The summed E-state index contributed by atoms with van der Waals surface area (Å²) in [7, 11) is -3.04. The zero-order chi connectivity index (χ0) is 18.4. The van der Waals surface area contributed by atoms with Crippen LogP contribution in [0.1, 0.15) is 12.1 Å². The number of fused-ring (bicyclic) bond motifs is 1. The largest absolute Gasteiger partial charge is 0.469 e. The molecule has 3 heterocycles. The Kier molecular flexibility index (Phi) is 4.77. The van der Waals surface area contributed by atoms with Gasteiger partial charge in [-0.15, -0.1) is 0 Å². The minimum Gasteiger partial charge on any atom is -0.387 e. The molecule has 0 saturated carbocycles. The van der Waals surface area contributed by atoms with E-state index in [1.54, 1.807) is 14.0 Å². The highest BCUT2D eigenvalue weighted by molar-refractivity contribution is 7.46. The second-order valence-corrected chi connectivity index (χ2v) is 6.77. The summed E-state index contributed by atoms with van der Waals surface area (Å²) in [6, 6.07) is 0. The molecule has 13 heteroatoms. The number of imidazole rings is 1. The van der Waals surface area contributed by atoms with Gasteiger partial charge in [0, 0.05) is 7.05 Å². The lowest BCUT2D eigenvalue weighted by molar-refractivity contribution is -0.0504. The highest BCUT2D eigenvalue weighted by atomic mass is 31.2. The number of phosphoric acid groups is 1. The van der Waals surface area contributed by atoms with E-state index in [-0.39, 0.29) is 0 Å². The van der Waals surface area contributed by atoms with E-state index < -0.39 is 39.0 Å². The molecule has 1 aliphatic rings. The number of ether oxygens (including phenoxy) is 1. The van der Waals surface area contributed by atoms with Crippen LogP contribution >= 0.6 is 7.82 Å². The Hall–Kier alpha value is -1.66. The van der Waals surface area contributed by atoms with Gasteiger partial charge in [0.25, 0.3) is 0 Å². The molecule has 12 nitrogen and oxygen atoms in total. The minimum absolute atomic E-state index is 0.379. The smallest absolute Gasteiger partial charge is 0.387 e. The molecule has 0 bridgehead atoms. The molecule has 138 valence electrons. The first-order valence-electron chi connectivity index (χ1n) is 7.32. The Bertz CT molecular complexity index is 824. The van der Waals surface area contributed by atoms with Gasteiger partial charge in [-0.1, -0.05) is 0 Å². The predicted octanol–water partition coefficient (Wildman–Crippen LogP) is -1.10. The van der Waals surface area contributed by atoms with E-state index in [9.17, 15) is 14.8 Å². The molecule has 1 fully saturated rings. The lowest BCUT2D eigenvalue weighted by Crippen LogP contribution is -2.33. The van der Waals surface area contributed by atoms with Crippen LogP contribution < -0.4 is 5.32 Å². The molecule has 1 aliphatic heterocycles. The van der Waals surface area contributed by atoms with E-state index >= 15 is 0 Å². The van der Waals surface area contributed by atoms with Gasteiger partial charge in [0.05, 0.1) is 12.9 Å². The Morgan fingerprint density at radius 3 is 2.72 bits per heavy atom. The van der Waals surface area contributed by atoms with Gasteiger partial charge >= 0.3 is 7.82 Å². The topological polar surface area (TPSA) is 172 Å². The molecule has 0 aromatic carbocycles. The fourth-order valence-corrected chi connectivity index (χ4v) is 2.99. The SMILES string of the molecule is CNc1nc(C)nc2c1ncn2C1O[C@H](COP(=O)(O)O)[C@@H](O)[C@H]1O. The Balaban J connectivity index is 1.90. The molecule has 25 heavy (non-hydrogen) atoms. The van der Waals surface area contributed by atoms with Crippen LogP contribution in [-0.4, -0.2) is 71.5 Å². The third-order valence-corrected chi connectivity index (χ3v) is 4.27. The summed E-state index contributed by atoms with van der Waals surface area (Å²) in [6.07, 6.45) is -3.56. The zero-order valence-electron chi connectivity index (χ0n) is 13.3. The van der Waals surface area contributed by atoms with Gasteiger partial charge in [-0.3, -0.25) is 9.09 Å². The second kappa shape index (κ2) is 6.57. The molecule has 2 aromatic rings. The van der Waals surface area contributed by atoms with Crippen molar-refractivity contribution >= 4 is 24.8 Å². The van der Waals surface area contributed by atoms with Crippen molar-refractivity contribution in [3.05, 3.63) is 12.2 Å². The van der Waals surface area contributed by atoms with E-state index in [1.165, 1.54) is 10.9 Å². The fraction of sp³-hybridized carbons (Fsp3) is 0.583. The Morgan fingerprint density at radius 1 is 1.36 bits per heavy atom. The van der Waals surface area contributed by atoms with Gasteiger partial charge in [0.15, 0.2) is 23.2 Å². The van der Waals surface area contributed by atoms with Crippen molar-refractivity contribution in [2.75, 3.05) is 19.0 Å². The van der Waals surface area contributed by atoms with E-state index in [4.69, 9.17) is 14.5 Å². The number of rotatable bonds is 5. The lowest BCUT2D eigenvalue weighted by Gasteiger charge is -2.16. The van der Waals surface area contributed by atoms with Crippen molar-refractivity contribution in [1.82, 2.24) is 19.5 Å².